The molecule has 0 amide bonds. The Hall–Kier alpha value is -1.13. The molecule has 0 spiro atoms. The summed E-state index contributed by atoms with van der Waals surface area (Å²) in [7, 11) is 1.53. The summed E-state index contributed by atoms with van der Waals surface area (Å²) >= 11 is 0. The number of nitrogens with one attached hydrogen (secondary N) is 1. The lowest BCUT2D eigenvalue weighted by molar-refractivity contribution is 0.0607. The molecule has 1 atom stereocenters. The fourth-order valence-electron chi connectivity index (χ4n) is 1.71. The van der Waals surface area contributed by atoms with Crippen LogP contribution in [0, 0.1) is 5.82 Å². The van der Waals surface area contributed by atoms with Crippen LogP contribution in [0.5, 0.6) is 5.75 Å². The van der Waals surface area contributed by atoms with Crippen LogP contribution in [0.3, 0.4) is 0 Å². The first-order valence-corrected chi connectivity index (χ1v) is 6.26. The minimum atomic E-state index is -0.271. The monoisotopic (exact) mass is 255 g/mol. The average molecular weight is 255 g/mol. The molecule has 1 unspecified atom stereocenters. The van der Waals surface area contributed by atoms with E-state index in [2.05, 4.69) is 5.32 Å². The number of hydrogen-bond acceptors (Lipinski definition) is 3. The third-order valence-electron chi connectivity index (χ3n) is 2.63. The van der Waals surface area contributed by atoms with Crippen molar-refractivity contribution in [3.63, 3.8) is 0 Å². The van der Waals surface area contributed by atoms with E-state index in [1.54, 1.807) is 12.1 Å². The summed E-state index contributed by atoms with van der Waals surface area (Å²) in [5.41, 5.74) is 0.610. The zero-order valence-corrected chi connectivity index (χ0v) is 11.5. The zero-order chi connectivity index (χ0) is 13.5. The topological polar surface area (TPSA) is 30.5 Å². The second kappa shape index (κ2) is 7.34. The van der Waals surface area contributed by atoms with Gasteiger partial charge in [0.1, 0.15) is 11.6 Å². The Morgan fingerprint density at radius 2 is 2.06 bits per heavy atom. The van der Waals surface area contributed by atoms with Crippen molar-refractivity contribution in [1.29, 1.82) is 0 Å². The van der Waals surface area contributed by atoms with Gasteiger partial charge in [-0.3, -0.25) is 0 Å². The molecule has 0 aliphatic heterocycles. The first-order chi connectivity index (χ1) is 8.58. The van der Waals surface area contributed by atoms with E-state index >= 15 is 0 Å². The lowest BCUT2D eigenvalue weighted by atomic mass is 10.1. The summed E-state index contributed by atoms with van der Waals surface area (Å²) in [6, 6.07) is 4.77. The summed E-state index contributed by atoms with van der Waals surface area (Å²) in [6.07, 6.45) is 0.132. The van der Waals surface area contributed by atoms with Crippen LogP contribution in [-0.4, -0.2) is 26.4 Å². The second-order valence-corrected chi connectivity index (χ2v) is 4.38. The van der Waals surface area contributed by atoms with Gasteiger partial charge in [-0.15, -0.1) is 0 Å². The van der Waals surface area contributed by atoms with Crippen LogP contribution in [0.15, 0.2) is 18.2 Å². The molecule has 1 N–H and O–H groups in total. The van der Waals surface area contributed by atoms with Crippen molar-refractivity contribution >= 4 is 0 Å². The molecule has 0 aromatic heterocycles. The minimum absolute atomic E-state index is 0.132. The molecular formula is C14H22FNO2. The summed E-state index contributed by atoms with van der Waals surface area (Å²) < 4.78 is 24.5. The van der Waals surface area contributed by atoms with Crippen molar-refractivity contribution in [3.8, 4) is 5.75 Å². The fraction of sp³-hybridized carbons (Fsp3) is 0.571. The largest absolute Gasteiger partial charge is 0.497 e. The van der Waals surface area contributed by atoms with Gasteiger partial charge in [0.05, 0.1) is 25.9 Å². The molecule has 18 heavy (non-hydrogen) atoms. The van der Waals surface area contributed by atoms with Crippen molar-refractivity contribution in [3.05, 3.63) is 29.6 Å². The Morgan fingerprint density at radius 1 is 1.33 bits per heavy atom. The Balaban J connectivity index is 2.84. The van der Waals surface area contributed by atoms with Gasteiger partial charge in [-0.2, -0.15) is 0 Å². The van der Waals surface area contributed by atoms with Crippen LogP contribution >= 0.6 is 0 Å². The number of benzene rings is 1. The molecule has 0 heterocycles. The maximum Gasteiger partial charge on any atom is 0.131 e. The van der Waals surface area contributed by atoms with Crippen molar-refractivity contribution < 1.29 is 13.9 Å². The van der Waals surface area contributed by atoms with E-state index in [4.69, 9.17) is 9.47 Å². The number of ether oxygens (including phenoxy) is 2. The fourth-order valence-corrected chi connectivity index (χ4v) is 1.71. The predicted molar refractivity (Wildman–Crippen MR) is 70.5 cm³/mol. The van der Waals surface area contributed by atoms with Crippen LogP contribution in [0.25, 0.3) is 0 Å². The summed E-state index contributed by atoms with van der Waals surface area (Å²) in [5, 5.41) is 3.23. The number of methoxy groups -OCH3 is 1. The maximum absolute atomic E-state index is 14.0. The first kappa shape index (κ1) is 14.9. The van der Waals surface area contributed by atoms with Crippen LogP contribution in [0.4, 0.5) is 4.39 Å². The van der Waals surface area contributed by atoms with Gasteiger partial charge in [0.25, 0.3) is 0 Å². The highest BCUT2D eigenvalue weighted by molar-refractivity contribution is 5.30. The van der Waals surface area contributed by atoms with Gasteiger partial charge in [0.15, 0.2) is 0 Å². The van der Waals surface area contributed by atoms with Crippen molar-refractivity contribution in [2.24, 2.45) is 0 Å². The summed E-state index contributed by atoms with van der Waals surface area (Å²) in [4.78, 5) is 0. The molecule has 102 valence electrons. The molecule has 1 aromatic rings. The number of hydrogen-bond donors (Lipinski definition) is 1. The third kappa shape index (κ3) is 4.27. The van der Waals surface area contributed by atoms with Gasteiger partial charge in [0.2, 0.25) is 0 Å². The Kier molecular flexibility index (Phi) is 6.09. The van der Waals surface area contributed by atoms with E-state index in [9.17, 15) is 4.39 Å². The average Bonchev–Trinajstić information content (AvgIpc) is 2.34. The normalized spacial score (nSPS) is 12.8. The summed E-state index contributed by atoms with van der Waals surface area (Å²) in [5.74, 6) is 0.254. The van der Waals surface area contributed by atoms with Crippen molar-refractivity contribution in [2.75, 3.05) is 20.3 Å². The SMILES string of the molecule is CCNC(COC(C)C)c1ccc(OC)cc1F. The summed E-state index contributed by atoms with van der Waals surface area (Å²) in [6.45, 7) is 7.14. The molecule has 0 aliphatic carbocycles. The van der Waals surface area contributed by atoms with E-state index in [1.165, 1.54) is 13.2 Å². The van der Waals surface area contributed by atoms with Gasteiger partial charge in [-0.25, -0.2) is 4.39 Å². The van der Waals surface area contributed by atoms with E-state index in [0.29, 0.717) is 17.9 Å². The highest BCUT2D eigenvalue weighted by atomic mass is 19.1. The molecule has 0 aliphatic rings. The van der Waals surface area contributed by atoms with Crippen LogP contribution in [0.1, 0.15) is 32.4 Å². The molecule has 0 radical (unpaired) electrons. The van der Waals surface area contributed by atoms with Gasteiger partial charge in [-0.1, -0.05) is 13.0 Å². The first-order valence-electron chi connectivity index (χ1n) is 6.26. The van der Waals surface area contributed by atoms with Crippen LogP contribution < -0.4 is 10.1 Å². The van der Waals surface area contributed by atoms with E-state index in [1.807, 2.05) is 20.8 Å². The standard InChI is InChI=1S/C14H22FNO2/c1-5-16-14(9-18-10(2)3)12-7-6-11(17-4)8-13(12)15/h6-8,10,14,16H,5,9H2,1-4H3. The molecule has 4 heteroatoms. The van der Waals surface area contributed by atoms with Crippen LogP contribution in [-0.2, 0) is 4.74 Å². The van der Waals surface area contributed by atoms with E-state index in [0.717, 1.165) is 6.54 Å². The number of likely N-dealkylation sites (N-methyl/N-ethyl adjacent to an activating group) is 1. The molecule has 1 aromatic carbocycles. The molecule has 0 saturated heterocycles. The molecular weight excluding hydrogens is 233 g/mol. The van der Waals surface area contributed by atoms with Gasteiger partial charge in [-0.05, 0) is 26.5 Å². The number of halogens is 1. The van der Waals surface area contributed by atoms with E-state index < -0.39 is 0 Å². The zero-order valence-electron chi connectivity index (χ0n) is 11.5. The van der Waals surface area contributed by atoms with Gasteiger partial charge < -0.3 is 14.8 Å². The van der Waals surface area contributed by atoms with Gasteiger partial charge >= 0.3 is 0 Å². The lowest BCUT2D eigenvalue weighted by Crippen LogP contribution is -2.27. The van der Waals surface area contributed by atoms with Crippen molar-refractivity contribution in [2.45, 2.75) is 32.9 Å². The highest BCUT2D eigenvalue weighted by Crippen LogP contribution is 2.22. The maximum atomic E-state index is 14.0. The Bertz CT molecular complexity index is 369. The van der Waals surface area contributed by atoms with E-state index in [-0.39, 0.29) is 18.0 Å². The predicted octanol–water partition coefficient (Wildman–Crippen LogP) is 2.91. The molecule has 0 saturated carbocycles. The molecule has 0 bridgehead atoms. The minimum Gasteiger partial charge on any atom is -0.497 e. The van der Waals surface area contributed by atoms with Crippen LogP contribution in [0.2, 0.25) is 0 Å². The third-order valence-corrected chi connectivity index (χ3v) is 2.63. The smallest absolute Gasteiger partial charge is 0.131 e. The van der Waals surface area contributed by atoms with Gasteiger partial charge in [0, 0.05) is 11.6 Å². The number of rotatable bonds is 7. The molecule has 1 rings (SSSR count). The second-order valence-electron chi connectivity index (χ2n) is 4.38. The quantitative estimate of drug-likeness (QED) is 0.812. The molecule has 0 fully saturated rings. The molecule has 3 nitrogen and oxygen atoms in total. The van der Waals surface area contributed by atoms with Crippen molar-refractivity contribution in [1.82, 2.24) is 5.32 Å². The Labute approximate surface area is 108 Å². The highest BCUT2D eigenvalue weighted by Gasteiger charge is 2.16. The Morgan fingerprint density at radius 3 is 2.56 bits per heavy atom. The lowest BCUT2D eigenvalue weighted by Gasteiger charge is -2.20.